The third-order valence-corrected chi connectivity index (χ3v) is 5.73. The number of para-hydroxylation sites is 3. The van der Waals surface area contributed by atoms with Crippen LogP contribution in [0.1, 0.15) is 26.7 Å². The Bertz CT molecular complexity index is 1220. The van der Waals surface area contributed by atoms with E-state index in [1.165, 1.54) is 4.90 Å². The number of benzene rings is 3. The molecule has 198 valence electrons. The molecule has 4 amide bonds. The molecule has 0 fully saturated rings. The summed E-state index contributed by atoms with van der Waals surface area (Å²) < 4.78 is 0. The lowest BCUT2D eigenvalue weighted by molar-refractivity contribution is -0.137. The van der Waals surface area contributed by atoms with Gasteiger partial charge in [0.15, 0.2) is 0 Å². The third kappa shape index (κ3) is 7.92. The van der Waals surface area contributed by atoms with Crippen LogP contribution in [0.3, 0.4) is 0 Å². The second-order valence-corrected chi connectivity index (χ2v) is 8.90. The van der Waals surface area contributed by atoms with Gasteiger partial charge in [0, 0.05) is 29.5 Å². The second kappa shape index (κ2) is 13.6. The highest BCUT2D eigenvalue weighted by atomic mass is 16.4. The summed E-state index contributed by atoms with van der Waals surface area (Å²) in [5.74, 6) is -2.02. The normalized spacial score (nSPS) is 11.3. The van der Waals surface area contributed by atoms with Gasteiger partial charge in [-0.1, -0.05) is 54.6 Å². The van der Waals surface area contributed by atoms with Gasteiger partial charge in [-0.2, -0.15) is 0 Å². The second-order valence-electron chi connectivity index (χ2n) is 8.90. The molecule has 9 nitrogen and oxygen atoms in total. The number of nitrogens with zero attached hydrogens (tertiary/aromatic N) is 2. The molecule has 0 unspecified atom stereocenters. The van der Waals surface area contributed by atoms with Crippen LogP contribution in [0.25, 0.3) is 0 Å². The highest BCUT2D eigenvalue weighted by Gasteiger charge is 2.31. The molecular weight excluding hydrogens is 484 g/mol. The van der Waals surface area contributed by atoms with E-state index >= 15 is 0 Å². The molecule has 3 N–H and O–H groups in total. The van der Waals surface area contributed by atoms with Gasteiger partial charge in [0.25, 0.3) is 0 Å². The molecule has 0 bridgehead atoms. The SMILES string of the molecule is CC(C)N(C(=O)CN(C(=O)[C@@H](CCC(=O)O)NC(=O)Nc1ccccc1)c1ccccc1)c1ccccc1. The molecule has 3 aromatic rings. The van der Waals surface area contributed by atoms with E-state index in [0.29, 0.717) is 17.1 Å². The molecule has 0 saturated carbocycles. The Labute approximate surface area is 222 Å². The van der Waals surface area contributed by atoms with Crippen LogP contribution in [0.4, 0.5) is 21.9 Å². The topological polar surface area (TPSA) is 119 Å². The number of nitrogens with one attached hydrogen (secondary N) is 2. The van der Waals surface area contributed by atoms with E-state index in [0.717, 1.165) is 0 Å². The number of carboxylic acids is 1. The third-order valence-electron chi connectivity index (χ3n) is 5.73. The van der Waals surface area contributed by atoms with Crippen molar-refractivity contribution in [2.75, 3.05) is 21.7 Å². The van der Waals surface area contributed by atoms with E-state index < -0.39 is 23.9 Å². The fourth-order valence-corrected chi connectivity index (χ4v) is 3.99. The number of rotatable bonds is 11. The van der Waals surface area contributed by atoms with E-state index in [1.807, 2.05) is 44.2 Å². The largest absolute Gasteiger partial charge is 0.481 e. The average molecular weight is 517 g/mol. The first-order valence-corrected chi connectivity index (χ1v) is 12.3. The molecule has 0 spiro atoms. The Kier molecular flexibility index (Phi) is 9.99. The highest BCUT2D eigenvalue weighted by Crippen LogP contribution is 2.21. The first-order chi connectivity index (χ1) is 18.3. The molecule has 3 rings (SSSR count). The quantitative estimate of drug-likeness (QED) is 0.346. The summed E-state index contributed by atoms with van der Waals surface area (Å²) in [6, 6.07) is 24.4. The number of anilines is 3. The summed E-state index contributed by atoms with van der Waals surface area (Å²) in [6.07, 6.45) is -0.499. The van der Waals surface area contributed by atoms with Crippen LogP contribution in [0.2, 0.25) is 0 Å². The molecular formula is C29H32N4O5. The zero-order valence-electron chi connectivity index (χ0n) is 21.4. The number of hydrogen-bond acceptors (Lipinski definition) is 4. The van der Waals surface area contributed by atoms with Crippen molar-refractivity contribution in [2.24, 2.45) is 0 Å². The van der Waals surface area contributed by atoms with Crippen molar-refractivity contribution in [1.29, 1.82) is 0 Å². The fraction of sp³-hybridized carbons (Fsp3) is 0.241. The van der Waals surface area contributed by atoms with Crippen molar-refractivity contribution in [3.63, 3.8) is 0 Å². The molecule has 0 aliphatic rings. The molecule has 9 heteroatoms. The molecule has 38 heavy (non-hydrogen) atoms. The Morgan fingerprint density at radius 2 is 1.32 bits per heavy atom. The molecule has 0 heterocycles. The monoisotopic (exact) mass is 516 g/mol. The van der Waals surface area contributed by atoms with E-state index in [1.54, 1.807) is 65.6 Å². The minimum absolute atomic E-state index is 0.152. The lowest BCUT2D eigenvalue weighted by Gasteiger charge is -2.32. The lowest BCUT2D eigenvalue weighted by Crippen LogP contribution is -2.53. The lowest BCUT2D eigenvalue weighted by atomic mass is 10.1. The number of carboxylic acid groups (broad SMARTS) is 1. The van der Waals surface area contributed by atoms with Crippen LogP contribution in [-0.4, -0.2) is 47.5 Å². The van der Waals surface area contributed by atoms with Gasteiger partial charge in [-0.05, 0) is 56.7 Å². The molecule has 3 aromatic carbocycles. The van der Waals surface area contributed by atoms with Crippen LogP contribution in [0.5, 0.6) is 0 Å². The van der Waals surface area contributed by atoms with Gasteiger partial charge in [-0.3, -0.25) is 14.4 Å². The first-order valence-electron chi connectivity index (χ1n) is 12.3. The maximum absolute atomic E-state index is 13.8. The number of carbonyl (C=O) groups excluding carboxylic acids is 3. The van der Waals surface area contributed by atoms with Crippen molar-refractivity contribution in [2.45, 2.75) is 38.8 Å². The van der Waals surface area contributed by atoms with E-state index in [4.69, 9.17) is 0 Å². The highest BCUT2D eigenvalue weighted by molar-refractivity contribution is 6.06. The van der Waals surface area contributed by atoms with Gasteiger partial charge >= 0.3 is 12.0 Å². The minimum atomic E-state index is -1.19. The fourth-order valence-electron chi connectivity index (χ4n) is 3.99. The molecule has 0 aliphatic carbocycles. The number of amides is 4. The number of carbonyl (C=O) groups is 4. The van der Waals surface area contributed by atoms with Crippen LogP contribution >= 0.6 is 0 Å². The standard InChI is InChI=1S/C29H32N4O5/c1-21(2)33(24-16-10-5-11-17-24)26(34)20-32(23-14-8-4-9-15-23)28(37)25(18-19-27(35)36)31-29(38)30-22-12-6-3-7-13-22/h3-17,21,25H,18-20H2,1-2H3,(H,35,36)(H2,30,31,38)/t25-/m1/s1. The first kappa shape index (κ1) is 27.9. The van der Waals surface area contributed by atoms with Gasteiger partial charge in [0.2, 0.25) is 11.8 Å². The van der Waals surface area contributed by atoms with Gasteiger partial charge in [-0.25, -0.2) is 4.79 Å². The summed E-state index contributed by atoms with van der Waals surface area (Å²) in [6.45, 7) is 3.46. The maximum atomic E-state index is 13.8. The van der Waals surface area contributed by atoms with Crippen LogP contribution in [0, 0.1) is 0 Å². The van der Waals surface area contributed by atoms with Gasteiger partial charge in [0.05, 0.1) is 0 Å². The van der Waals surface area contributed by atoms with Gasteiger partial charge in [-0.15, -0.1) is 0 Å². The van der Waals surface area contributed by atoms with Crippen LogP contribution in [0.15, 0.2) is 91.0 Å². The molecule has 0 aromatic heterocycles. The Hall–Kier alpha value is -4.66. The van der Waals surface area contributed by atoms with Gasteiger partial charge < -0.3 is 25.5 Å². The molecule has 0 aliphatic heterocycles. The summed E-state index contributed by atoms with van der Waals surface area (Å²) in [5.41, 5.74) is 1.66. The number of aliphatic carboxylic acids is 1. The summed E-state index contributed by atoms with van der Waals surface area (Å²) in [7, 11) is 0. The minimum Gasteiger partial charge on any atom is -0.481 e. The molecule has 0 radical (unpaired) electrons. The maximum Gasteiger partial charge on any atom is 0.319 e. The van der Waals surface area contributed by atoms with Crippen molar-refractivity contribution >= 4 is 40.9 Å². The predicted molar refractivity (Wildman–Crippen MR) is 147 cm³/mol. The average Bonchev–Trinajstić information content (AvgIpc) is 2.90. The van der Waals surface area contributed by atoms with Crippen molar-refractivity contribution in [3.05, 3.63) is 91.0 Å². The molecule has 0 saturated heterocycles. The summed E-state index contributed by atoms with van der Waals surface area (Å²) >= 11 is 0. The van der Waals surface area contributed by atoms with Crippen LogP contribution in [-0.2, 0) is 14.4 Å². The smallest absolute Gasteiger partial charge is 0.319 e. The Balaban J connectivity index is 1.88. The Morgan fingerprint density at radius 3 is 1.84 bits per heavy atom. The Morgan fingerprint density at radius 1 is 0.789 bits per heavy atom. The summed E-state index contributed by atoms with van der Waals surface area (Å²) in [4.78, 5) is 54.3. The number of urea groups is 1. The van der Waals surface area contributed by atoms with Gasteiger partial charge in [0.1, 0.15) is 12.6 Å². The zero-order valence-corrected chi connectivity index (χ0v) is 21.4. The van der Waals surface area contributed by atoms with Crippen molar-refractivity contribution < 1.29 is 24.3 Å². The summed E-state index contributed by atoms with van der Waals surface area (Å²) in [5, 5.41) is 14.5. The van der Waals surface area contributed by atoms with E-state index in [-0.39, 0.29) is 31.3 Å². The van der Waals surface area contributed by atoms with Crippen LogP contribution < -0.4 is 20.4 Å². The zero-order chi connectivity index (χ0) is 27.5. The van der Waals surface area contributed by atoms with E-state index in [2.05, 4.69) is 10.6 Å². The predicted octanol–water partition coefficient (Wildman–Crippen LogP) is 4.52. The van der Waals surface area contributed by atoms with Crippen molar-refractivity contribution in [1.82, 2.24) is 5.32 Å². The number of hydrogen-bond donors (Lipinski definition) is 3. The molecule has 1 atom stereocenters. The van der Waals surface area contributed by atoms with Crippen molar-refractivity contribution in [3.8, 4) is 0 Å². The van der Waals surface area contributed by atoms with E-state index in [9.17, 15) is 24.3 Å².